The van der Waals surface area contributed by atoms with Gasteiger partial charge in [0.25, 0.3) is 0 Å². The molecule has 0 aromatic carbocycles. The fraction of sp³-hybridized carbons (Fsp3) is 0.932. The molecule has 10 aliphatic heterocycles. The van der Waals surface area contributed by atoms with Crippen molar-refractivity contribution in [1.29, 1.82) is 0 Å². The molecule has 20 nitrogen and oxygen atoms in total. The van der Waals surface area contributed by atoms with Crippen LogP contribution in [0, 0.1) is 5.92 Å². The minimum atomic E-state index is -4.91. The van der Waals surface area contributed by atoms with Crippen LogP contribution < -0.4 is 0 Å². The van der Waals surface area contributed by atoms with E-state index < -0.39 is 105 Å². The zero-order valence-electron chi connectivity index (χ0n) is 38.0. The van der Waals surface area contributed by atoms with E-state index in [1.165, 1.54) is 6.92 Å². The summed E-state index contributed by atoms with van der Waals surface area (Å²) in [5.74, 6) is -0.0297. The second-order valence-corrected chi connectivity index (χ2v) is 23.4. The number of aliphatic hydroxyl groups excluding tert-OH is 1. The molecule has 23 atom stereocenters. The number of hydrogen-bond donors (Lipinski definition) is 3. The lowest BCUT2D eigenvalue weighted by molar-refractivity contribution is -0.367. The van der Waals surface area contributed by atoms with E-state index in [-0.39, 0.29) is 79.5 Å². The predicted octanol–water partition coefficient (Wildman–Crippen LogP) is 2.66. The van der Waals surface area contributed by atoms with Gasteiger partial charge in [0.2, 0.25) is 0 Å². The number of rotatable bonds is 7. The largest absolute Gasteiger partial charge is 0.397 e. The van der Waals surface area contributed by atoms with Gasteiger partial charge in [-0.3, -0.25) is 13.9 Å². The van der Waals surface area contributed by atoms with Crippen LogP contribution in [0.25, 0.3) is 0 Å². The van der Waals surface area contributed by atoms with Crippen LogP contribution in [0.3, 0.4) is 0 Å². The number of carbonyl (C=O) groups is 1. The minimum Gasteiger partial charge on any atom is -0.387 e. The molecule has 22 heteroatoms. The van der Waals surface area contributed by atoms with Crippen LogP contribution in [0.5, 0.6) is 0 Å². The first-order chi connectivity index (χ1) is 31.0. The second-order valence-electron chi connectivity index (χ2n) is 21.3. The van der Waals surface area contributed by atoms with E-state index >= 15 is 0 Å². The molecule has 66 heavy (non-hydrogen) atoms. The summed E-state index contributed by atoms with van der Waals surface area (Å²) in [4.78, 5) is 12.4. The summed E-state index contributed by atoms with van der Waals surface area (Å²) in [6, 6.07) is 0. The fourth-order valence-corrected chi connectivity index (χ4v) is 14.0. The fourth-order valence-electron chi connectivity index (χ4n) is 13.2. The van der Waals surface area contributed by atoms with Crippen LogP contribution in [0.15, 0.2) is 12.2 Å². The van der Waals surface area contributed by atoms with E-state index in [9.17, 15) is 31.3 Å². The number of ether oxygens (including phenoxy) is 10. The van der Waals surface area contributed by atoms with E-state index in [2.05, 4.69) is 31.5 Å². The lowest BCUT2D eigenvalue weighted by Gasteiger charge is -2.60. The highest BCUT2D eigenvalue weighted by Crippen LogP contribution is 2.53. The molecular formula is C44H66O20S2. The van der Waals surface area contributed by atoms with E-state index in [4.69, 9.17) is 56.1 Å². The summed E-state index contributed by atoms with van der Waals surface area (Å²) >= 11 is 0. The molecule has 374 valence electrons. The monoisotopic (exact) mass is 978 g/mol. The Morgan fingerprint density at radius 1 is 0.682 bits per heavy atom. The highest BCUT2D eigenvalue weighted by atomic mass is 32.3. The zero-order chi connectivity index (χ0) is 46.9. The summed E-state index contributed by atoms with van der Waals surface area (Å²) in [6.45, 7) is 13.4. The van der Waals surface area contributed by atoms with Gasteiger partial charge in [0.15, 0.2) is 5.78 Å². The van der Waals surface area contributed by atoms with E-state index in [0.29, 0.717) is 63.4 Å². The lowest BCUT2D eigenvalue weighted by atomic mass is 9.73. The molecule has 10 aliphatic rings. The van der Waals surface area contributed by atoms with Gasteiger partial charge in [-0.1, -0.05) is 13.5 Å². The van der Waals surface area contributed by atoms with Gasteiger partial charge in [0, 0.05) is 44.9 Å². The summed E-state index contributed by atoms with van der Waals surface area (Å²) in [6.07, 6.45) is -4.80. The smallest absolute Gasteiger partial charge is 0.387 e. The zero-order valence-corrected chi connectivity index (χ0v) is 39.7. The van der Waals surface area contributed by atoms with Gasteiger partial charge in [-0.2, -0.15) is 16.8 Å². The van der Waals surface area contributed by atoms with Gasteiger partial charge in [-0.15, -0.1) is 0 Å². The predicted molar refractivity (Wildman–Crippen MR) is 225 cm³/mol. The third-order valence-electron chi connectivity index (χ3n) is 16.7. The normalized spacial score (nSPS) is 52.6. The summed E-state index contributed by atoms with van der Waals surface area (Å²) in [5, 5.41) is 12.1. The number of aliphatic hydroxyl groups is 1. The highest BCUT2D eigenvalue weighted by Gasteiger charge is 2.64. The highest BCUT2D eigenvalue weighted by molar-refractivity contribution is 7.81. The van der Waals surface area contributed by atoms with Crippen LogP contribution in [0.2, 0.25) is 0 Å². The van der Waals surface area contributed by atoms with Crippen molar-refractivity contribution in [3.8, 4) is 0 Å². The van der Waals surface area contributed by atoms with Crippen LogP contribution in [-0.4, -0.2) is 176 Å². The number of hydrogen-bond acceptors (Lipinski definition) is 18. The first-order valence-corrected chi connectivity index (χ1v) is 26.5. The topological polar surface area (TPSA) is 257 Å². The standard InChI is InChI=1S/C44H66O20S2/c1-20-7-10-42(4)36(58-33-17-34-40(61-39(20)33)41(46)44(6)37(59-34)18-30-31(62-44)13-21(2)38(60-30)22(3)45)19-35-43(5,64-42)11-8-23-25(57-35)14-28-26(54-23)15-27-29(56-28)16-32(63-66(50,51)52)24(55-27)9-12-53-65(47,48)49/h20,23-41,46H,2,7-19H2,1,3-6H3,(H,47,48,49)(H,50,51,52)/t20-,23-,24+,25+,26+,27-,28-,29+,30+,31-,32-,33-,34+,35-,36+,37-,38-,39+,40+,41+,42-,43+,44-/m0/s1. The van der Waals surface area contributed by atoms with Gasteiger partial charge < -0.3 is 52.5 Å². The Balaban J connectivity index is 0.817. The Bertz CT molecular complexity index is 2090. The van der Waals surface area contributed by atoms with Crippen molar-refractivity contribution in [3.05, 3.63) is 12.2 Å². The molecule has 0 aromatic rings. The van der Waals surface area contributed by atoms with Crippen molar-refractivity contribution in [3.63, 3.8) is 0 Å². The molecule has 0 aromatic heterocycles. The Kier molecular flexibility index (Phi) is 12.8. The van der Waals surface area contributed by atoms with Gasteiger partial charge >= 0.3 is 20.8 Å². The average molecular weight is 979 g/mol. The third-order valence-corrected chi connectivity index (χ3v) is 17.6. The number of ketones is 1. The quantitative estimate of drug-likeness (QED) is 0.245. The molecule has 0 aliphatic carbocycles. The Morgan fingerprint density at radius 3 is 1.94 bits per heavy atom. The average Bonchev–Trinajstić information content (AvgIpc) is 3.34. The SMILES string of the molecule is C=C1C[C@@H]2O[C@@]3(C)[C@H](C[C@H]2O[C@@H]1C(C)=O)O[C@@H]1C[C@@H]2O[C@@H]4C[C@@H]5O[C@@H]6C[C@@H]7O[C@@H]8C[C@H](OS(=O)(=O)O)[C@@H](CCOS(=O)(=O)O)O[C@H]8C[C@H]7O[C@H]6CC[C@@]5(C)O[C@@]4(C)CC[C@H](C)[C@H]2O[C@H]1[C@H]3O. The lowest BCUT2D eigenvalue weighted by Crippen LogP contribution is -2.73. The Labute approximate surface area is 386 Å². The molecule has 10 heterocycles. The van der Waals surface area contributed by atoms with Gasteiger partial charge in [-0.05, 0) is 71.3 Å². The third kappa shape index (κ3) is 9.13. The van der Waals surface area contributed by atoms with Crippen LogP contribution in [0.4, 0.5) is 0 Å². The minimum absolute atomic E-state index is 0.0165. The molecule has 0 bridgehead atoms. The second kappa shape index (κ2) is 17.5. The Morgan fingerprint density at radius 2 is 1.26 bits per heavy atom. The van der Waals surface area contributed by atoms with Crippen molar-refractivity contribution in [1.82, 2.24) is 0 Å². The van der Waals surface area contributed by atoms with Crippen LogP contribution >= 0.6 is 0 Å². The van der Waals surface area contributed by atoms with Crippen molar-refractivity contribution in [2.75, 3.05) is 6.61 Å². The molecule has 0 radical (unpaired) electrons. The van der Waals surface area contributed by atoms with E-state index in [1.54, 1.807) is 0 Å². The summed E-state index contributed by atoms with van der Waals surface area (Å²) in [5.41, 5.74) is -1.71. The Hall–Kier alpha value is -1.29. The van der Waals surface area contributed by atoms with Gasteiger partial charge in [-0.25, -0.2) is 8.37 Å². The molecule has 0 spiro atoms. The van der Waals surface area contributed by atoms with Crippen LogP contribution in [-0.2, 0) is 81.3 Å². The van der Waals surface area contributed by atoms with Crippen LogP contribution in [0.1, 0.15) is 112 Å². The first-order valence-electron chi connectivity index (χ1n) is 23.7. The molecule has 0 saturated carbocycles. The summed E-state index contributed by atoms with van der Waals surface area (Å²) < 4.78 is 141. The van der Waals surface area contributed by atoms with Crippen molar-refractivity contribution in [2.24, 2.45) is 5.92 Å². The van der Waals surface area contributed by atoms with E-state index in [1.807, 2.05) is 6.92 Å². The first kappa shape index (κ1) is 48.3. The number of Topliss-reactive ketones (excluding diaryl/α,β-unsaturated/α-hetero) is 1. The maximum absolute atomic E-state index is 12.4. The van der Waals surface area contributed by atoms with Crippen molar-refractivity contribution in [2.45, 2.75) is 244 Å². The number of carbonyl (C=O) groups excluding carboxylic acids is 1. The van der Waals surface area contributed by atoms with Gasteiger partial charge in [0.1, 0.15) is 30.0 Å². The van der Waals surface area contributed by atoms with Gasteiger partial charge in [0.05, 0.1) is 109 Å². The summed E-state index contributed by atoms with van der Waals surface area (Å²) in [7, 11) is -9.66. The molecule has 3 N–H and O–H groups in total. The molecular weight excluding hydrogens is 913 g/mol. The van der Waals surface area contributed by atoms with Crippen molar-refractivity contribution < 1.29 is 91.6 Å². The molecule has 10 saturated heterocycles. The van der Waals surface area contributed by atoms with Crippen molar-refractivity contribution >= 4 is 26.6 Å². The molecule has 0 unspecified atom stereocenters. The molecule has 10 fully saturated rings. The van der Waals surface area contributed by atoms with E-state index in [0.717, 1.165) is 6.42 Å². The molecule has 0 amide bonds. The maximum atomic E-state index is 12.4. The number of fused-ring (bicyclic) bond motifs is 9. The maximum Gasteiger partial charge on any atom is 0.397 e. The molecule has 10 rings (SSSR count).